The molecule has 2 fully saturated rings. The number of anilines is 2. The molecule has 0 radical (unpaired) electrons. The van der Waals surface area contributed by atoms with Crippen LogP contribution in [-0.4, -0.2) is 45.5 Å². The van der Waals surface area contributed by atoms with E-state index in [2.05, 4.69) is 25.5 Å². The van der Waals surface area contributed by atoms with E-state index in [1.54, 1.807) is 0 Å². The van der Waals surface area contributed by atoms with Gasteiger partial charge in [-0.1, -0.05) is 17.4 Å². The zero-order valence-electron chi connectivity index (χ0n) is 19.3. The van der Waals surface area contributed by atoms with Gasteiger partial charge in [0.2, 0.25) is 11.8 Å². The second kappa shape index (κ2) is 9.17. The summed E-state index contributed by atoms with van der Waals surface area (Å²) in [4.78, 5) is 48.9. The van der Waals surface area contributed by atoms with Crippen molar-refractivity contribution in [3.63, 3.8) is 0 Å². The Balaban J connectivity index is 1.25. The number of aromatic nitrogens is 3. The van der Waals surface area contributed by atoms with Crippen molar-refractivity contribution in [2.45, 2.75) is 52.1 Å². The number of aryl methyl sites for hydroxylation is 2. The summed E-state index contributed by atoms with van der Waals surface area (Å²) in [6.07, 6.45) is 5.10. The largest absolute Gasteiger partial charge is 0.353 e. The number of fused-ring (bicyclic) bond motifs is 1. The number of carbonyl (C=O) groups is 2. The van der Waals surface area contributed by atoms with Crippen LogP contribution in [0.15, 0.2) is 29.3 Å². The van der Waals surface area contributed by atoms with Crippen molar-refractivity contribution >= 4 is 44.3 Å². The van der Waals surface area contributed by atoms with Gasteiger partial charge in [-0.3, -0.25) is 19.0 Å². The van der Waals surface area contributed by atoms with Crippen molar-refractivity contribution < 1.29 is 9.59 Å². The first-order valence-corrected chi connectivity index (χ1v) is 12.5. The average Bonchev–Trinajstić information content (AvgIpc) is 3.49. The first kappa shape index (κ1) is 22.5. The molecule has 178 valence electrons. The van der Waals surface area contributed by atoms with Crippen molar-refractivity contribution in [1.82, 2.24) is 19.9 Å². The van der Waals surface area contributed by atoms with Gasteiger partial charge in [-0.25, -0.2) is 4.98 Å². The maximum atomic E-state index is 13.0. The Bertz CT molecular complexity index is 1280. The lowest BCUT2D eigenvalue weighted by Gasteiger charge is -2.30. The molecule has 2 amide bonds. The minimum Gasteiger partial charge on any atom is -0.353 e. The fraction of sp³-hybridized carbons (Fsp3) is 0.458. The monoisotopic (exact) mass is 480 g/mol. The predicted molar refractivity (Wildman–Crippen MR) is 132 cm³/mol. The summed E-state index contributed by atoms with van der Waals surface area (Å²) in [5.74, 6) is -0.0862. The minimum atomic E-state index is -0.287. The highest BCUT2D eigenvalue weighted by molar-refractivity contribution is 7.22. The van der Waals surface area contributed by atoms with Gasteiger partial charge in [-0.05, 0) is 62.8 Å². The van der Waals surface area contributed by atoms with Crippen molar-refractivity contribution in [2.24, 2.45) is 5.92 Å². The Kier molecular flexibility index (Phi) is 6.07. The van der Waals surface area contributed by atoms with Gasteiger partial charge in [0.05, 0.1) is 0 Å². The van der Waals surface area contributed by atoms with Crippen LogP contribution in [0.25, 0.3) is 10.3 Å². The molecule has 2 aliphatic rings. The molecule has 10 heteroatoms. The lowest BCUT2D eigenvalue weighted by molar-refractivity contribution is -0.125. The molecule has 0 bridgehead atoms. The maximum Gasteiger partial charge on any atom is 0.273 e. The Morgan fingerprint density at radius 3 is 2.47 bits per heavy atom. The summed E-state index contributed by atoms with van der Waals surface area (Å²) < 4.78 is 1.75. The summed E-state index contributed by atoms with van der Waals surface area (Å²) in [6, 6.07) is 6.20. The number of benzene rings is 1. The van der Waals surface area contributed by atoms with Gasteiger partial charge in [-0.15, -0.1) is 0 Å². The predicted octanol–water partition coefficient (Wildman–Crippen LogP) is 2.60. The molecule has 1 saturated carbocycles. The third-order valence-electron chi connectivity index (χ3n) is 6.25. The van der Waals surface area contributed by atoms with E-state index in [1.807, 2.05) is 32.0 Å². The highest BCUT2D eigenvalue weighted by atomic mass is 32.1. The highest BCUT2D eigenvalue weighted by Gasteiger charge is 2.30. The lowest BCUT2D eigenvalue weighted by atomic mass is 9.96. The molecule has 5 rings (SSSR count). The number of amides is 2. The number of rotatable bonds is 6. The standard InChI is InChI=1S/C24H28N6O3S/c1-14-9-15(2)11-18(10-14)26-19(31)12-30-13-25-21-20(23(30)33)34-24(28-21)29-7-5-16(6-8-29)22(32)27-17-3-4-17/h9-11,13,16-17H,3-8,12H2,1-2H3,(H,26,31)(H,27,32). The van der Waals surface area contributed by atoms with E-state index in [-0.39, 0.29) is 29.8 Å². The number of hydrogen-bond donors (Lipinski definition) is 2. The smallest absolute Gasteiger partial charge is 0.273 e. The molecule has 3 heterocycles. The van der Waals surface area contributed by atoms with E-state index in [9.17, 15) is 14.4 Å². The van der Waals surface area contributed by atoms with Crippen LogP contribution >= 0.6 is 11.3 Å². The van der Waals surface area contributed by atoms with Crippen LogP contribution in [0, 0.1) is 19.8 Å². The van der Waals surface area contributed by atoms with Crippen molar-refractivity contribution in [3.05, 3.63) is 46.0 Å². The van der Waals surface area contributed by atoms with Gasteiger partial charge < -0.3 is 15.5 Å². The SMILES string of the molecule is Cc1cc(C)cc(NC(=O)Cn2cnc3nc(N4CCC(C(=O)NC5CC5)CC4)sc3c2=O)c1. The van der Waals surface area contributed by atoms with E-state index in [0.29, 0.717) is 22.1 Å². The fourth-order valence-corrected chi connectivity index (χ4v) is 5.39. The Morgan fingerprint density at radius 2 is 1.79 bits per heavy atom. The summed E-state index contributed by atoms with van der Waals surface area (Å²) in [5, 5.41) is 6.68. The molecule has 34 heavy (non-hydrogen) atoms. The molecule has 0 unspecified atom stereocenters. The normalized spacial score (nSPS) is 16.6. The number of piperidine rings is 1. The van der Waals surface area contributed by atoms with Crippen LogP contribution < -0.4 is 21.1 Å². The maximum absolute atomic E-state index is 13.0. The Hall–Kier alpha value is -3.27. The van der Waals surface area contributed by atoms with Gasteiger partial charge in [0, 0.05) is 30.7 Å². The van der Waals surface area contributed by atoms with E-state index in [4.69, 9.17) is 0 Å². The van der Waals surface area contributed by atoms with Crippen LogP contribution in [0.1, 0.15) is 36.8 Å². The van der Waals surface area contributed by atoms with Gasteiger partial charge in [0.1, 0.15) is 17.6 Å². The Labute approximate surface area is 201 Å². The van der Waals surface area contributed by atoms with Gasteiger partial charge >= 0.3 is 0 Å². The van der Waals surface area contributed by atoms with Crippen LogP contribution in [0.3, 0.4) is 0 Å². The third-order valence-corrected chi connectivity index (χ3v) is 7.35. The summed E-state index contributed by atoms with van der Waals surface area (Å²) in [6.45, 7) is 5.25. The highest BCUT2D eigenvalue weighted by Crippen LogP contribution is 2.30. The van der Waals surface area contributed by atoms with Crippen molar-refractivity contribution in [2.75, 3.05) is 23.3 Å². The molecule has 9 nitrogen and oxygen atoms in total. The van der Waals surface area contributed by atoms with E-state index < -0.39 is 0 Å². The molecule has 2 N–H and O–H groups in total. The molecular weight excluding hydrogens is 452 g/mol. The van der Waals surface area contributed by atoms with Crippen molar-refractivity contribution in [1.29, 1.82) is 0 Å². The van der Waals surface area contributed by atoms with E-state index in [0.717, 1.165) is 55.0 Å². The number of nitrogens with zero attached hydrogens (tertiary/aromatic N) is 4. The topological polar surface area (TPSA) is 109 Å². The molecule has 1 aromatic carbocycles. The van der Waals surface area contributed by atoms with Gasteiger partial charge in [0.15, 0.2) is 10.8 Å². The second-order valence-corrected chi connectivity index (χ2v) is 10.3. The molecule has 0 atom stereocenters. The zero-order chi connectivity index (χ0) is 23.8. The third kappa shape index (κ3) is 4.96. The van der Waals surface area contributed by atoms with Crippen LogP contribution in [0.5, 0.6) is 0 Å². The molecule has 2 aromatic heterocycles. The van der Waals surface area contributed by atoms with E-state index in [1.165, 1.54) is 22.2 Å². The minimum absolute atomic E-state index is 0.0392. The van der Waals surface area contributed by atoms with E-state index >= 15 is 0 Å². The quantitative estimate of drug-likeness (QED) is 0.561. The van der Waals surface area contributed by atoms with Crippen LogP contribution in [0.4, 0.5) is 10.8 Å². The van der Waals surface area contributed by atoms with Gasteiger partial charge in [0.25, 0.3) is 5.56 Å². The second-order valence-electron chi connectivity index (χ2n) is 9.30. The molecule has 3 aromatic rings. The van der Waals surface area contributed by atoms with Crippen LogP contribution in [0.2, 0.25) is 0 Å². The fourth-order valence-electron chi connectivity index (χ4n) is 4.36. The molecule has 0 spiro atoms. The number of thiazole rings is 1. The first-order chi connectivity index (χ1) is 16.4. The zero-order valence-corrected chi connectivity index (χ0v) is 20.2. The lowest BCUT2D eigenvalue weighted by Crippen LogP contribution is -2.41. The van der Waals surface area contributed by atoms with Gasteiger partial charge in [-0.2, -0.15) is 4.98 Å². The molecule has 1 saturated heterocycles. The summed E-state index contributed by atoms with van der Waals surface area (Å²) >= 11 is 1.30. The van der Waals surface area contributed by atoms with Crippen LogP contribution in [-0.2, 0) is 16.1 Å². The molecule has 1 aliphatic carbocycles. The van der Waals surface area contributed by atoms with Crippen molar-refractivity contribution in [3.8, 4) is 0 Å². The molecule has 1 aliphatic heterocycles. The first-order valence-electron chi connectivity index (χ1n) is 11.6. The number of carbonyl (C=O) groups excluding carboxylic acids is 2. The summed E-state index contributed by atoms with van der Waals surface area (Å²) in [7, 11) is 0. The number of nitrogens with one attached hydrogen (secondary N) is 2. The Morgan fingerprint density at radius 1 is 1.09 bits per heavy atom. The summed E-state index contributed by atoms with van der Waals surface area (Å²) in [5.41, 5.74) is 2.94. The number of hydrogen-bond acceptors (Lipinski definition) is 7. The molecular formula is C24H28N6O3S. The average molecular weight is 481 g/mol.